The third kappa shape index (κ3) is 4.09. The fourth-order valence-corrected chi connectivity index (χ4v) is 4.75. The van der Waals surface area contributed by atoms with E-state index in [-0.39, 0.29) is 17.8 Å². The predicted octanol–water partition coefficient (Wildman–Crippen LogP) is 3.19. The van der Waals surface area contributed by atoms with E-state index in [9.17, 15) is 9.59 Å². The maximum absolute atomic E-state index is 12.1. The summed E-state index contributed by atoms with van der Waals surface area (Å²) < 4.78 is 8.37. The summed E-state index contributed by atoms with van der Waals surface area (Å²) in [6.45, 7) is 10.8. The molecule has 0 atom stereocenters. The van der Waals surface area contributed by atoms with Gasteiger partial charge in [-0.25, -0.2) is 5.43 Å². The standard InChI is InChI=1S/C25H30N6O3/c1-5-18-19-13-15(3)7-8-20(19)34-24(18)23-22(25(26)28-27-14-32)16(4)29-31(23)17-9-11-30(12-10-17)21(33)6-2/h6-8,13-14,17H,2,5,9-12H2,1,3-4H3,(H2,26,28)(H,27,32). The number of piperidine rings is 1. The van der Waals surface area contributed by atoms with Crippen LogP contribution in [0.5, 0.6) is 0 Å². The first kappa shape index (κ1) is 23.3. The summed E-state index contributed by atoms with van der Waals surface area (Å²) >= 11 is 0. The molecular weight excluding hydrogens is 432 g/mol. The van der Waals surface area contributed by atoms with Crippen molar-refractivity contribution in [3.05, 3.63) is 53.2 Å². The lowest BCUT2D eigenvalue weighted by Crippen LogP contribution is -2.38. The van der Waals surface area contributed by atoms with E-state index in [1.807, 2.05) is 23.7 Å². The number of furan rings is 1. The second-order valence-corrected chi connectivity index (χ2v) is 8.52. The van der Waals surface area contributed by atoms with E-state index in [0.29, 0.717) is 36.5 Å². The van der Waals surface area contributed by atoms with Crippen LogP contribution in [0.2, 0.25) is 0 Å². The second-order valence-electron chi connectivity index (χ2n) is 8.52. The van der Waals surface area contributed by atoms with Crippen molar-refractivity contribution in [3.8, 4) is 11.5 Å². The summed E-state index contributed by atoms with van der Waals surface area (Å²) in [5.41, 5.74) is 13.7. The lowest BCUT2D eigenvalue weighted by Gasteiger charge is -2.32. The quantitative estimate of drug-likeness (QED) is 0.184. The zero-order valence-electron chi connectivity index (χ0n) is 19.8. The van der Waals surface area contributed by atoms with Crippen LogP contribution in [0.3, 0.4) is 0 Å². The molecule has 1 aliphatic heterocycles. The fraction of sp³-hybridized carbons (Fsp3) is 0.360. The van der Waals surface area contributed by atoms with Crippen LogP contribution in [0.1, 0.15) is 48.2 Å². The molecule has 0 radical (unpaired) electrons. The highest BCUT2D eigenvalue weighted by atomic mass is 16.3. The fourth-order valence-electron chi connectivity index (χ4n) is 4.75. The number of benzene rings is 1. The van der Waals surface area contributed by atoms with E-state index >= 15 is 0 Å². The largest absolute Gasteiger partial charge is 0.454 e. The summed E-state index contributed by atoms with van der Waals surface area (Å²) in [4.78, 5) is 24.7. The number of fused-ring (bicyclic) bond motifs is 1. The maximum Gasteiger partial charge on any atom is 0.245 e. The molecule has 0 saturated carbocycles. The van der Waals surface area contributed by atoms with Crippen molar-refractivity contribution in [1.29, 1.82) is 0 Å². The molecule has 0 unspecified atom stereocenters. The number of hydrazone groups is 1. The first-order chi connectivity index (χ1) is 16.4. The van der Waals surface area contributed by atoms with E-state index in [1.165, 1.54) is 6.08 Å². The van der Waals surface area contributed by atoms with Gasteiger partial charge in [0, 0.05) is 24.0 Å². The molecule has 1 saturated heterocycles. The number of rotatable bonds is 7. The molecule has 1 aliphatic rings. The number of carbonyl (C=O) groups is 2. The van der Waals surface area contributed by atoms with Gasteiger partial charge >= 0.3 is 0 Å². The Morgan fingerprint density at radius 1 is 1.35 bits per heavy atom. The van der Waals surface area contributed by atoms with Gasteiger partial charge in [-0.05, 0) is 51.3 Å². The van der Waals surface area contributed by atoms with Gasteiger partial charge in [0.1, 0.15) is 11.3 Å². The van der Waals surface area contributed by atoms with Crippen LogP contribution in [0.4, 0.5) is 0 Å². The van der Waals surface area contributed by atoms with E-state index in [4.69, 9.17) is 15.2 Å². The Kier molecular flexibility index (Phi) is 6.54. The monoisotopic (exact) mass is 462 g/mol. The van der Waals surface area contributed by atoms with Crippen molar-refractivity contribution < 1.29 is 14.0 Å². The highest BCUT2D eigenvalue weighted by molar-refractivity contribution is 6.04. The smallest absolute Gasteiger partial charge is 0.245 e. The summed E-state index contributed by atoms with van der Waals surface area (Å²) in [7, 11) is 0. The molecule has 3 aromatic rings. The Morgan fingerprint density at radius 2 is 2.09 bits per heavy atom. The number of hydrogen-bond donors (Lipinski definition) is 2. The van der Waals surface area contributed by atoms with Gasteiger partial charge in [0.15, 0.2) is 11.6 Å². The van der Waals surface area contributed by atoms with Crippen LogP contribution >= 0.6 is 0 Å². The van der Waals surface area contributed by atoms with Gasteiger partial charge in [-0.3, -0.25) is 14.3 Å². The molecule has 9 heteroatoms. The average Bonchev–Trinajstić information content (AvgIpc) is 3.38. The highest BCUT2D eigenvalue weighted by Gasteiger charge is 2.31. The van der Waals surface area contributed by atoms with Crippen LogP contribution in [0, 0.1) is 13.8 Å². The molecule has 4 rings (SSSR count). The molecule has 0 bridgehead atoms. The summed E-state index contributed by atoms with van der Waals surface area (Å²) in [6, 6.07) is 6.17. The first-order valence-electron chi connectivity index (χ1n) is 11.4. The molecule has 9 nitrogen and oxygen atoms in total. The zero-order chi connectivity index (χ0) is 24.4. The minimum atomic E-state index is -0.0618. The SMILES string of the molecule is C=CC(=O)N1CCC(n2nc(C)c(/C(N)=N\NC=O)c2-c2oc3ccc(C)cc3c2CC)CC1. The van der Waals surface area contributed by atoms with Crippen molar-refractivity contribution >= 4 is 29.1 Å². The first-order valence-corrected chi connectivity index (χ1v) is 11.4. The van der Waals surface area contributed by atoms with Gasteiger partial charge in [0.2, 0.25) is 12.3 Å². The molecule has 34 heavy (non-hydrogen) atoms. The molecule has 0 spiro atoms. The van der Waals surface area contributed by atoms with Gasteiger partial charge in [-0.15, -0.1) is 0 Å². The number of carbonyl (C=O) groups excluding carboxylic acids is 2. The topological polar surface area (TPSA) is 119 Å². The number of nitrogens with two attached hydrogens (primary N) is 1. The molecule has 1 aromatic carbocycles. The van der Waals surface area contributed by atoms with Crippen molar-refractivity contribution in [2.24, 2.45) is 10.8 Å². The third-order valence-electron chi connectivity index (χ3n) is 6.39. The normalized spacial score (nSPS) is 15.0. The van der Waals surface area contributed by atoms with Crippen LogP contribution < -0.4 is 11.2 Å². The van der Waals surface area contributed by atoms with Crippen molar-refractivity contribution in [3.63, 3.8) is 0 Å². The zero-order valence-corrected chi connectivity index (χ0v) is 19.8. The molecule has 2 amide bonds. The van der Waals surface area contributed by atoms with Gasteiger partial charge in [0.05, 0.1) is 17.3 Å². The van der Waals surface area contributed by atoms with Crippen LogP contribution in [-0.2, 0) is 16.0 Å². The number of aryl methyl sites for hydroxylation is 3. The maximum atomic E-state index is 12.1. The Bertz CT molecular complexity index is 1280. The Balaban J connectivity index is 1.89. The second kappa shape index (κ2) is 9.54. The molecule has 2 aromatic heterocycles. The Morgan fingerprint density at radius 3 is 2.74 bits per heavy atom. The summed E-state index contributed by atoms with van der Waals surface area (Å²) in [6.07, 6.45) is 4.05. The summed E-state index contributed by atoms with van der Waals surface area (Å²) in [5.74, 6) is 0.796. The van der Waals surface area contributed by atoms with E-state index in [0.717, 1.165) is 47.1 Å². The average molecular weight is 463 g/mol. The number of hydrogen-bond acceptors (Lipinski definition) is 5. The lowest BCUT2D eigenvalue weighted by atomic mass is 10.0. The van der Waals surface area contributed by atoms with Gasteiger partial charge in [-0.1, -0.05) is 25.1 Å². The van der Waals surface area contributed by atoms with Gasteiger partial charge < -0.3 is 15.1 Å². The van der Waals surface area contributed by atoms with Crippen molar-refractivity contribution in [2.45, 2.75) is 46.1 Å². The van der Waals surface area contributed by atoms with Crippen molar-refractivity contribution in [2.75, 3.05) is 13.1 Å². The van der Waals surface area contributed by atoms with Crippen molar-refractivity contribution in [1.82, 2.24) is 20.1 Å². The molecular formula is C25H30N6O3. The highest BCUT2D eigenvalue weighted by Crippen LogP contribution is 2.39. The minimum Gasteiger partial charge on any atom is -0.454 e. The van der Waals surface area contributed by atoms with Crippen LogP contribution in [-0.4, -0.2) is 45.9 Å². The number of aromatic nitrogens is 2. The van der Waals surface area contributed by atoms with E-state index < -0.39 is 0 Å². The third-order valence-corrected chi connectivity index (χ3v) is 6.39. The van der Waals surface area contributed by atoms with Crippen LogP contribution in [0.15, 0.2) is 40.4 Å². The van der Waals surface area contributed by atoms with Crippen LogP contribution in [0.25, 0.3) is 22.4 Å². The Hall–Kier alpha value is -3.88. The number of nitrogens with zero attached hydrogens (tertiary/aromatic N) is 4. The number of nitrogens with one attached hydrogen (secondary N) is 1. The van der Waals surface area contributed by atoms with Gasteiger partial charge in [0.25, 0.3) is 0 Å². The Labute approximate surface area is 198 Å². The van der Waals surface area contributed by atoms with E-state index in [2.05, 4.69) is 37.0 Å². The number of amides is 2. The number of likely N-dealkylation sites (tertiary alicyclic amines) is 1. The summed E-state index contributed by atoms with van der Waals surface area (Å²) in [5, 5.41) is 9.91. The molecule has 178 valence electrons. The molecule has 3 N–H and O–H groups in total. The minimum absolute atomic E-state index is 0.0443. The lowest BCUT2D eigenvalue weighted by molar-refractivity contribution is -0.127. The van der Waals surface area contributed by atoms with Gasteiger partial charge in [-0.2, -0.15) is 10.2 Å². The predicted molar refractivity (Wildman–Crippen MR) is 131 cm³/mol. The molecule has 0 aliphatic carbocycles. The number of amidine groups is 1. The molecule has 1 fully saturated rings. The van der Waals surface area contributed by atoms with E-state index in [1.54, 1.807) is 4.90 Å². The molecule has 3 heterocycles.